The highest BCUT2D eigenvalue weighted by molar-refractivity contribution is 5.98. The lowest BCUT2D eigenvalue weighted by Crippen LogP contribution is -2.36. The van der Waals surface area contributed by atoms with Crippen molar-refractivity contribution in [3.05, 3.63) is 84.1 Å². The average molecular weight is 445 g/mol. The van der Waals surface area contributed by atoms with E-state index in [0.717, 1.165) is 36.2 Å². The summed E-state index contributed by atoms with van der Waals surface area (Å²) in [5, 5.41) is 13.1. The van der Waals surface area contributed by atoms with E-state index < -0.39 is 0 Å². The van der Waals surface area contributed by atoms with Crippen LogP contribution in [-0.4, -0.2) is 48.7 Å². The Kier molecular flexibility index (Phi) is 5.73. The summed E-state index contributed by atoms with van der Waals surface area (Å²) in [6, 6.07) is 13.9. The molecule has 1 aliphatic carbocycles. The monoisotopic (exact) mass is 444 g/mol. The summed E-state index contributed by atoms with van der Waals surface area (Å²) in [4.78, 5) is 17.1. The van der Waals surface area contributed by atoms with Gasteiger partial charge < -0.3 is 4.90 Å². The molecule has 0 atom stereocenters. The van der Waals surface area contributed by atoms with Gasteiger partial charge >= 0.3 is 0 Å². The summed E-state index contributed by atoms with van der Waals surface area (Å²) in [6.45, 7) is 3.81. The minimum Gasteiger partial charge on any atom is -0.336 e. The second-order valence-electron chi connectivity index (χ2n) is 8.50. The molecule has 168 valence electrons. The lowest BCUT2D eigenvalue weighted by molar-refractivity contribution is 0.0739. The van der Waals surface area contributed by atoms with Gasteiger partial charge in [-0.2, -0.15) is 20.1 Å². The highest BCUT2D eigenvalue weighted by Crippen LogP contribution is 2.30. The van der Waals surface area contributed by atoms with Gasteiger partial charge in [0.05, 0.1) is 35.9 Å². The van der Waals surface area contributed by atoms with E-state index in [1.165, 1.54) is 16.9 Å². The zero-order valence-corrected chi connectivity index (χ0v) is 18.4. The Morgan fingerprint density at radius 3 is 2.58 bits per heavy atom. The Labute approximate surface area is 191 Å². The topological polar surface area (TPSA) is 68.8 Å². The molecule has 0 saturated heterocycles. The minimum absolute atomic E-state index is 0.0242. The van der Waals surface area contributed by atoms with Gasteiger partial charge in [0.1, 0.15) is 5.82 Å². The molecule has 0 N–H and O–H groups in total. The summed E-state index contributed by atoms with van der Waals surface area (Å²) in [5.74, 6) is 0.259. The third kappa shape index (κ3) is 4.84. The summed E-state index contributed by atoms with van der Waals surface area (Å²) in [6.07, 6.45) is 7.41. The Bertz CT molecular complexity index is 1240. The Hall–Kier alpha value is -3.81. The maximum Gasteiger partial charge on any atom is 0.256 e. The summed E-state index contributed by atoms with van der Waals surface area (Å²) in [7, 11) is 0. The molecule has 2 heterocycles. The highest BCUT2D eigenvalue weighted by Gasteiger charge is 2.28. The SMILES string of the molecule is Cc1ccc(-n2nccn2)c(C(=O)N(CCn2ccc(-c3ccc(F)cc3)n2)CC2CC2)c1. The van der Waals surface area contributed by atoms with Crippen LogP contribution in [0.1, 0.15) is 28.8 Å². The zero-order chi connectivity index (χ0) is 22.8. The Morgan fingerprint density at radius 1 is 1.09 bits per heavy atom. The maximum absolute atomic E-state index is 13.6. The molecule has 1 amide bonds. The van der Waals surface area contributed by atoms with Crippen molar-refractivity contribution in [1.29, 1.82) is 0 Å². The molecule has 4 aromatic rings. The molecule has 1 fully saturated rings. The summed E-state index contributed by atoms with van der Waals surface area (Å²) >= 11 is 0. The van der Waals surface area contributed by atoms with Crippen LogP contribution in [0, 0.1) is 18.7 Å². The Morgan fingerprint density at radius 2 is 1.85 bits per heavy atom. The second-order valence-corrected chi connectivity index (χ2v) is 8.50. The molecular weight excluding hydrogens is 419 g/mol. The van der Waals surface area contributed by atoms with Crippen LogP contribution in [0.4, 0.5) is 4.39 Å². The van der Waals surface area contributed by atoms with Crippen molar-refractivity contribution < 1.29 is 9.18 Å². The first kappa shape index (κ1) is 21.1. The number of rotatable bonds is 8. The second kappa shape index (κ2) is 8.97. The van der Waals surface area contributed by atoms with Crippen LogP contribution in [-0.2, 0) is 6.54 Å². The van der Waals surface area contributed by atoms with E-state index in [2.05, 4.69) is 15.3 Å². The number of amides is 1. The van der Waals surface area contributed by atoms with Gasteiger partial charge in [-0.25, -0.2) is 4.39 Å². The number of nitrogens with zero attached hydrogens (tertiary/aromatic N) is 6. The molecule has 0 spiro atoms. The molecule has 5 rings (SSSR count). The lowest BCUT2D eigenvalue weighted by Gasteiger charge is -2.24. The fourth-order valence-electron chi connectivity index (χ4n) is 3.88. The molecule has 0 unspecified atom stereocenters. The van der Waals surface area contributed by atoms with Crippen LogP contribution in [0.25, 0.3) is 16.9 Å². The third-order valence-electron chi connectivity index (χ3n) is 5.86. The van der Waals surface area contributed by atoms with E-state index in [1.807, 2.05) is 47.0 Å². The quantitative estimate of drug-likeness (QED) is 0.410. The molecule has 8 heteroatoms. The smallest absolute Gasteiger partial charge is 0.256 e. The van der Waals surface area contributed by atoms with E-state index in [-0.39, 0.29) is 11.7 Å². The van der Waals surface area contributed by atoms with Gasteiger partial charge in [-0.15, -0.1) is 0 Å². The molecule has 7 nitrogen and oxygen atoms in total. The van der Waals surface area contributed by atoms with Crippen LogP contribution in [0.2, 0.25) is 0 Å². The molecule has 33 heavy (non-hydrogen) atoms. The van der Waals surface area contributed by atoms with Crippen LogP contribution in [0.3, 0.4) is 0 Å². The first-order valence-corrected chi connectivity index (χ1v) is 11.1. The molecule has 0 radical (unpaired) electrons. The van der Waals surface area contributed by atoms with Crippen LogP contribution in [0.15, 0.2) is 67.1 Å². The van der Waals surface area contributed by atoms with Crippen LogP contribution < -0.4 is 0 Å². The minimum atomic E-state index is -0.270. The number of aryl methyl sites for hydroxylation is 1. The predicted octanol–water partition coefficient (Wildman–Crippen LogP) is 4.13. The third-order valence-corrected chi connectivity index (χ3v) is 5.86. The normalized spacial score (nSPS) is 13.3. The standard InChI is InChI=1S/C25H25FN6O/c1-18-2-9-24(32-27-11-12-28-32)22(16-18)25(33)30(17-19-3-4-19)14-15-31-13-10-23(29-31)20-5-7-21(26)8-6-20/h2,5-13,16,19H,3-4,14-15,17H2,1H3. The summed E-state index contributed by atoms with van der Waals surface area (Å²) in [5.41, 5.74) is 3.92. The van der Waals surface area contributed by atoms with Gasteiger partial charge in [0.25, 0.3) is 5.91 Å². The number of benzene rings is 2. The van der Waals surface area contributed by atoms with Crippen molar-refractivity contribution in [3.63, 3.8) is 0 Å². The highest BCUT2D eigenvalue weighted by atomic mass is 19.1. The van der Waals surface area contributed by atoms with E-state index in [9.17, 15) is 9.18 Å². The van der Waals surface area contributed by atoms with E-state index in [1.54, 1.807) is 24.5 Å². The van der Waals surface area contributed by atoms with Gasteiger partial charge in [-0.3, -0.25) is 9.48 Å². The number of hydrogen-bond acceptors (Lipinski definition) is 4. The van der Waals surface area contributed by atoms with Crippen LogP contribution in [0.5, 0.6) is 0 Å². The van der Waals surface area contributed by atoms with Crippen molar-refractivity contribution in [2.24, 2.45) is 5.92 Å². The zero-order valence-electron chi connectivity index (χ0n) is 18.4. The molecule has 0 aliphatic heterocycles. The number of carbonyl (C=O) groups is 1. The van der Waals surface area contributed by atoms with Crippen LogP contribution >= 0.6 is 0 Å². The molecule has 2 aromatic heterocycles. The average Bonchev–Trinajstić information content (AvgIpc) is 3.26. The number of hydrogen-bond donors (Lipinski definition) is 0. The largest absolute Gasteiger partial charge is 0.336 e. The van der Waals surface area contributed by atoms with Crippen molar-refractivity contribution in [3.8, 4) is 16.9 Å². The number of halogens is 1. The molecule has 1 saturated carbocycles. The molecule has 1 aliphatic rings. The van der Waals surface area contributed by atoms with Crippen molar-refractivity contribution >= 4 is 5.91 Å². The van der Waals surface area contributed by atoms with E-state index in [4.69, 9.17) is 0 Å². The fourth-order valence-corrected chi connectivity index (χ4v) is 3.88. The molecule has 2 aromatic carbocycles. The van der Waals surface area contributed by atoms with Crippen molar-refractivity contribution in [1.82, 2.24) is 29.7 Å². The fraction of sp³-hybridized carbons (Fsp3) is 0.280. The van der Waals surface area contributed by atoms with Crippen molar-refractivity contribution in [2.45, 2.75) is 26.3 Å². The first-order chi connectivity index (χ1) is 16.1. The van der Waals surface area contributed by atoms with Crippen molar-refractivity contribution in [2.75, 3.05) is 13.1 Å². The van der Waals surface area contributed by atoms with Gasteiger partial charge in [-0.05, 0) is 68.1 Å². The number of aromatic nitrogens is 5. The van der Waals surface area contributed by atoms with Gasteiger partial charge in [0.15, 0.2) is 0 Å². The van der Waals surface area contributed by atoms with Gasteiger partial charge in [-0.1, -0.05) is 11.6 Å². The number of carbonyl (C=O) groups excluding carboxylic acids is 1. The summed E-state index contributed by atoms with van der Waals surface area (Å²) < 4.78 is 15.0. The molecular formula is C25H25FN6O. The van der Waals surface area contributed by atoms with E-state index in [0.29, 0.717) is 30.3 Å². The predicted molar refractivity (Wildman–Crippen MR) is 122 cm³/mol. The lowest BCUT2D eigenvalue weighted by atomic mass is 10.1. The van der Waals surface area contributed by atoms with E-state index >= 15 is 0 Å². The first-order valence-electron chi connectivity index (χ1n) is 11.1. The Balaban J connectivity index is 1.35. The maximum atomic E-state index is 13.6. The van der Waals surface area contributed by atoms with Gasteiger partial charge in [0.2, 0.25) is 0 Å². The molecule has 0 bridgehead atoms. The van der Waals surface area contributed by atoms with Gasteiger partial charge in [0, 0.05) is 24.8 Å².